The molecule has 0 radical (unpaired) electrons. The number of ether oxygens (including phenoxy) is 1. The summed E-state index contributed by atoms with van der Waals surface area (Å²) < 4.78 is 42.5. The molecule has 1 amide bonds. The SMILES string of the molecule is CC(C)(C)OC(=O)N1CCN[C@H](C(F)(F)F)C1. The average Bonchev–Trinajstić information content (AvgIpc) is 2.14. The van der Waals surface area contributed by atoms with Gasteiger partial charge in [-0.25, -0.2) is 4.79 Å². The quantitative estimate of drug-likeness (QED) is 0.716. The Morgan fingerprint density at radius 2 is 1.94 bits per heavy atom. The molecule has 1 rings (SSSR count). The van der Waals surface area contributed by atoms with Crippen molar-refractivity contribution in [1.82, 2.24) is 10.2 Å². The summed E-state index contributed by atoms with van der Waals surface area (Å²) >= 11 is 0. The summed E-state index contributed by atoms with van der Waals surface area (Å²) in [6.07, 6.45) is -5.05. The molecular formula is C10H17F3N2O2. The van der Waals surface area contributed by atoms with Crippen LogP contribution in [0.4, 0.5) is 18.0 Å². The van der Waals surface area contributed by atoms with E-state index < -0.39 is 30.5 Å². The molecule has 0 saturated carbocycles. The maximum absolute atomic E-state index is 12.5. The number of rotatable bonds is 0. The molecule has 1 N–H and O–H groups in total. The van der Waals surface area contributed by atoms with E-state index in [4.69, 9.17) is 4.74 Å². The molecule has 0 aromatic heterocycles. The van der Waals surface area contributed by atoms with Crippen molar-refractivity contribution < 1.29 is 22.7 Å². The number of hydrogen-bond acceptors (Lipinski definition) is 3. The fourth-order valence-electron chi connectivity index (χ4n) is 1.46. The lowest BCUT2D eigenvalue weighted by Crippen LogP contribution is -2.58. The number of piperazine rings is 1. The second-order valence-electron chi connectivity index (χ2n) is 4.97. The largest absolute Gasteiger partial charge is 0.444 e. The molecule has 1 fully saturated rings. The van der Waals surface area contributed by atoms with Gasteiger partial charge in [-0.15, -0.1) is 0 Å². The second kappa shape index (κ2) is 4.72. The predicted molar refractivity (Wildman–Crippen MR) is 55.7 cm³/mol. The van der Waals surface area contributed by atoms with Gasteiger partial charge >= 0.3 is 12.3 Å². The maximum atomic E-state index is 12.5. The number of nitrogens with zero attached hydrogens (tertiary/aromatic N) is 1. The van der Waals surface area contributed by atoms with E-state index in [9.17, 15) is 18.0 Å². The van der Waals surface area contributed by atoms with Crippen molar-refractivity contribution in [1.29, 1.82) is 0 Å². The molecule has 0 aromatic rings. The van der Waals surface area contributed by atoms with Crippen LogP contribution in [0.2, 0.25) is 0 Å². The Morgan fingerprint density at radius 3 is 2.41 bits per heavy atom. The van der Waals surface area contributed by atoms with Crippen LogP contribution >= 0.6 is 0 Å². The van der Waals surface area contributed by atoms with E-state index in [0.717, 1.165) is 4.90 Å². The van der Waals surface area contributed by atoms with Crippen LogP contribution in [0, 0.1) is 0 Å². The maximum Gasteiger partial charge on any atom is 0.410 e. The van der Waals surface area contributed by atoms with Crippen molar-refractivity contribution >= 4 is 6.09 Å². The number of hydrogen-bond donors (Lipinski definition) is 1. The van der Waals surface area contributed by atoms with Gasteiger partial charge in [0.2, 0.25) is 0 Å². The topological polar surface area (TPSA) is 41.6 Å². The lowest BCUT2D eigenvalue weighted by molar-refractivity contribution is -0.163. The summed E-state index contributed by atoms with van der Waals surface area (Å²) in [5, 5.41) is 2.33. The van der Waals surface area contributed by atoms with Gasteiger partial charge in [0.05, 0.1) is 0 Å². The predicted octanol–water partition coefficient (Wildman–Crippen LogP) is 1.76. The van der Waals surface area contributed by atoms with Crippen molar-refractivity contribution in [3.8, 4) is 0 Å². The van der Waals surface area contributed by atoms with Gasteiger partial charge in [-0.05, 0) is 20.8 Å². The Bertz CT molecular complexity index is 286. The van der Waals surface area contributed by atoms with Crippen LogP contribution in [0.5, 0.6) is 0 Å². The van der Waals surface area contributed by atoms with Crippen LogP contribution in [0.3, 0.4) is 0 Å². The Hall–Kier alpha value is -0.980. The fourth-order valence-corrected chi connectivity index (χ4v) is 1.46. The molecule has 0 spiro atoms. The highest BCUT2D eigenvalue weighted by Crippen LogP contribution is 2.23. The lowest BCUT2D eigenvalue weighted by atomic mass is 10.2. The smallest absolute Gasteiger partial charge is 0.410 e. The Morgan fingerprint density at radius 1 is 1.35 bits per heavy atom. The first-order valence-electron chi connectivity index (χ1n) is 5.37. The van der Waals surface area contributed by atoms with Gasteiger partial charge in [-0.1, -0.05) is 0 Å². The Balaban J connectivity index is 2.58. The van der Waals surface area contributed by atoms with Gasteiger partial charge in [0.15, 0.2) is 0 Å². The average molecular weight is 254 g/mol. The van der Waals surface area contributed by atoms with Gasteiger partial charge in [0.1, 0.15) is 11.6 Å². The minimum atomic E-state index is -4.35. The third-order valence-corrected chi connectivity index (χ3v) is 2.22. The second-order valence-corrected chi connectivity index (χ2v) is 4.97. The number of alkyl halides is 3. The molecule has 1 saturated heterocycles. The van der Waals surface area contributed by atoms with Crippen LogP contribution in [-0.2, 0) is 4.74 Å². The van der Waals surface area contributed by atoms with Gasteiger partial charge in [-0.2, -0.15) is 13.2 Å². The number of carbonyl (C=O) groups excluding carboxylic acids is 1. The van der Waals surface area contributed by atoms with E-state index in [1.54, 1.807) is 20.8 Å². The molecule has 0 unspecified atom stereocenters. The highest BCUT2D eigenvalue weighted by molar-refractivity contribution is 5.68. The molecule has 0 aromatic carbocycles. The summed E-state index contributed by atoms with van der Waals surface area (Å²) in [5.74, 6) is 0. The number of nitrogens with one attached hydrogen (secondary N) is 1. The molecular weight excluding hydrogens is 237 g/mol. The molecule has 7 heteroatoms. The third kappa shape index (κ3) is 4.41. The van der Waals surface area contributed by atoms with E-state index in [-0.39, 0.29) is 13.1 Å². The highest BCUT2D eigenvalue weighted by Gasteiger charge is 2.43. The van der Waals surface area contributed by atoms with E-state index in [2.05, 4.69) is 5.32 Å². The Kier molecular flexibility index (Phi) is 3.91. The van der Waals surface area contributed by atoms with Gasteiger partial charge in [0.25, 0.3) is 0 Å². The number of carbonyl (C=O) groups is 1. The van der Waals surface area contributed by atoms with Crippen molar-refractivity contribution in [2.75, 3.05) is 19.6 Å². The van der Waals surface area contributed by atoms with Crippen LogP contribution in [0.25, 0.3) is 0 Å². The zero-order valence-corrected chi connectivity index (χ0v) is 10.1. The molecule has 100 valence electrons. The van der Waals surface area contributed by atoms with Crippen LogP contribution < -0.4 is 5.32 Å². The molecule has 1 atom stereocenters. The molecule has 1 heterocycles. The van der Waals surface area contributed by atoms with Gasteiger partial charge < -0.3 is 15.0 Å². The van der Waals surface area contributed by atoms with Crippen molar-refractivity contribution in [2.24, 2.45) is 0 Å². The first-order chi connectivity index (χ1) is 7.59. The summed E-state index contributed by atoms with van der Waals surface area (Å²) in [6, 6.07) is -1.68. The summed E-state index contributed by atoms with van der Waals surface area (Å²) in [6.45, 7) is 4.96. The molecule has 17 heavy (non-hydrogen) atoms. The van der Waals surface area contributed by atoms with E-state index in [0.29, 0.717) is 0 Å². The fraction of sp³-hybridized carbons (Fsp3) is 0.900. The third-order valence-electron chi connectivity index (χ3n) is 2.22. The van der Waals surface area contributed by atoms with Crippen molar-refractivity contribution in [3.05, 3.63) is 0 Å². The molecule has 4 nitrogen and oxygen atoms in total. The highest BCUT2D eigenvalue weighted by atomic mass is 19.4. The molecule has 1 aliphatic heterocycles. The summed E-state index contributed by atoms with van der Waals surface area (Å²) in [5.41, 5.74) is -0.699. The van der Waals surface area contributed by atoms with Gasteiger partial charge in [0, 0.05) is 19.6 Å². The molecule has 1 aliphatic rings. The zero-order valence-electron chi connectivity index (χ0n) is 10.1. The van der Waals surface area contributed by atoms with Crippen molar-refractivity contribution in [3.63, 3.8) is 0 Å². The van der Waals surface area contributed by atoms with Crippen LogP contribution in [-0.4, -0.2) is 48.4 Å². The standard InChI is InChI=1S/C10H17F3N2O2/c1-9(2,3)17-8(16)15-5-4-14-7(6-15)10(11,12)13/h7,14H,4-6H2,1-3H3/t7-/m0/s1. The monoisotopic (exact) mass is 254 g/mol. The van der Waals surface area contributed by atoms with Gasteiger partial charge in [-0.3, -0.25) is 0 Å². The van der Waals surface area contributed by atoms with Crippen LogP contribution in [0.15, 0.2) is 0 Å². The van der Waals surface area contributed by atoms with Crippen molar-refractivity contribution in [2.45, 2.75) is 38.6 Å². The van der Waals surface area contributed by atoms with Crippen LogP contribution in [0.1, 0.15) is 20.8 Å². The molecule has 0 aliphatic carbocycles. The van der Waals surface area contributed by atoms with E-state index in [1.807, 2.05) is 0 Å². The number of amides is 1. The summed E-state index contributed by atoms with van der Waals surface area (Å²) in [7, 11) is 0. The normalized spacial score (nSPS) is 22.5. The summed E-state index contributed by atoms with van der Waals surface area (Å²) in [4.78, 5) is 12.7. The van der Waals surface area contributed by atoms with E-state index in [1.165, 1.54) is 0 Å². The first kappa shape index (κ1) is 14.1. The minimum Gasteiger partial charge on any atom is -0.444 e. The number of halogens is 3. The van der Waals surface area contributed by atoms with E-state index >= 15 is 0 Å². The molecule has 0 bridgehead atoms. The minimum absolute atomic E-state index is 0.115. The Labute approximate surface area is 98.1 Å². The first-order valence-corrected chi connectivity index (χ1v) is 5.37. The lowest BCUT2D eigenvalue weighted by Gasteiger charge is -2.35. The zero-order chi connectivity index (χ0) is 13.3.